The van der Waals surface area contributed by atoms with Gasteiger partial charge in [-0.3, -0.25) is 4.99 Å². The van der Waals surface area contributed by atoms with Crippen LogP contribution in [0, 0.1) is 17.8 Å². The molecule has 0 amide bonds. The second kappa shape index (κ2) is 8.17. The number of hydrogen-bond donors (Lipinski definition) is 1. The maximum absolute atomic E-state index is 5.86. The van der Waals surface area contributed by atoms with Gasteiger partial charge in [-0.25, -0.2) is 0 Å². The third-order valence-electron chi connectivity index (χ3n) is 4.56. The third-order valence-corrected chi connectivity index (χ3v) is 4.56. The summed E-state index contributed by atoms with van der Waals surface area (Å²) in [7, 11) is 0. The fourth-order valence-corrected chi connectivity index (χ4v) is 2.85. The van der Waals surface area contributed by atoms with E-state index < -0.39 is 0 Å². The third kappa shape index (κ3) is 4.72. The van der Waals surface area contributed by atoms with Crippen LogP contribution in [-0.4, -0.2) is 25.0 Å². The van der Waals surface area contributed by atoms with Gasteiger partial charge in [0.25, 0.3) is 0 Å². The molecule has 2 N–H and O–H groups in total. The zero-order valence-corrected chi connectivity index (χ0v) is 14.4. The summed E-state index contributed by atoms with van der Waals surface area (Å²) >= 11 is 0. The van der Waals surface area contributed by atoms with E-state index in [0.29, 0.717) is 12.5 Å². The van der Waals surface area contributed by atoms with Crippen LogP contribution >= 0.6 is 0 Å². The molecule has 1 saturated carbocycles. The average Bonchev–Trinajstić information content (AvgIpc) is 3.45. The fraction of sp³-hybridized carbons (Fsp3) is 0.476. The second-order valence-corrected chi connectivity index (χ2v) is 6.62. The van der Waals surface area contributed by atoms with Crippen LogP contribution in [0.15, 0.2) is 35.5 Å². The highest BCUT2D eigenvalue weighted by Gasteiger charge is 2.17. The zero-order chi connectivity index (χ0) is 16.8. The molecule has 0 aromatic heterocycles. The van der Waals surface area contributed by atoms with Gasteiger partial charge in [-0.2, -0.15) is 0 Å². The lowest BCUT2D eigenvalue weighted by molar-refractivity contribution is 0.0225. The number of ether oxygens (including phenoxy) is 1. The molecule has 2 fully saturated rings. The van der Waals surface area contributed by atoms with Crippen molar-refractivity contribution in [3.05, 3.63) is 41.6 Å². The standard InChI is InChI=1S/C21H26N2O/c1-16(23-15-20-4-2-3-13-24-20)21(14-22)19-11-9-18(10-12-19)8-7-17-5-6-17/h9-12,14,17,20H,2-6,13,15,22H2,1H3/b21-14+,23-16?. The Morgan fingerprint density at radius 2 is 2.04 bits per heavy atom. The molecule has 3 heteroatoms. The van der Waals surface area contributed by atoms with Crippen molar-refractivity contribution < 1.29 is 4.74 Å². The molecule has 126 valence electrons. The maximum Gasteiger partial charge on any atom is 0.0770 e. The minimum atomic E-state index is 0.257. The first-order valence-corrected chi connectivity index (χ1v) is 8.93. The van der Waals surface area contributed by atoms with E-state index >= 15 is 0 Å². The Morgan fingerprint density at radius 3 is 2.67 bits per heavy atom. The van der Waals surface area contributed by atoms with Crippen LogP contribution in [0.2, 0.25) is 0 Å². The van der Waals surface area contributed by atoms with Crippen molar-refractivity contribution in [3.8, 4) is 11.8 Å². The molecule has 0 radical (unpaired) electrons. The van der Waals surface area contributed by atoms with Gasteiger partial charge in [-0.15, -0.1) is 0 Å². The van der Waals surface area contributed by atoms with Gasteiger partial charge >= 0.3 is 0 Å². The van der Waals surface area contributed by atoms with Gasteiger partial charge in [0.2, 0.25) is 0 Å². The summed E-state index contributed by atoms with van der Waals surface area (Å²) in [5, 5.41) is 0. The number of hydrogen-bond acceptors (Lipinski definition) is 3. The Kier molecular flexibility index (Phi) is 5.72. The van der Waals surface area contributed by atoms with Gasteiger partial charge < -0.3 is 10.5 Å². The highest BCUT2D eigenvalue weighted by atomic mass is 16.5. The van der Waals surface area contributed by atoms with Crippen LogP contribution in [0.3, 0.4) is 0 Å². The molecule has 1 aromatic carbocycles. The molecule has 0 bridgehead atoms. The van der Waals surface area contributed by atoms with E-state index in [1.165, 1.54) is 25.7 Å². The van der Waals surface area contributed by atoms with E-state index in [4.69, 9.17) is 15.5 Å². The first-order valence-electron chi connectivity index (χ1n) is 8.93. The Morgan fingerprint density at radius 1 is 1.25 bits per heavy atom. The molecule has 1 atom stereocenters. The van der Waals surface area contributed by atoms with E-state index in [1.807, 2.05) is 6.92 Å². The lowest BCUT2D eigenvalue weighted by atomic mass is 10.0. The van der Waals surface area contributed by atoms with Crippen LogP contribution in [0.25, 0.3) is 5.57 Å². The normalized spacial score (nSPS) is 22.0. The van der Waals surface area contributed by atoms with Gasteiger partial charge in [0.05, 0.1) is 12.6 Å². The van der Waals surface area contributed by atoms with Crippen molar-refractivity contribution in [2.45, 2.75) is 45.1 Å². The van der Waals surface area contributed by atoms with E-state index in [0.717, 1.165) is 35.4 Å². The fourth-order valence-electron chi connectivity index (χ4n) is 2.85. The summed E-state index contributed by atoms with van der Waals surface area (Å²) in [6.45, 7) is 3.60. The number of aliphatic imine (C=N–C) groups is 1. The quantitative estimate of drug-likeness (QED) is 0.677. The van der Waals surface area contributed by atoms with Crippen molar-refractivity contribution in [2.75, 3.05) is 13.2 Å². The van der Waals surface area contributed by atoms with Gasteiger partial charge in [-0.1, -0.05) is 24.0 Å². The Bertz CT molecular complexity index is 666. The van der Waals surface area contributed by atoms with Gasteiger partial charge in [0.15, 0.2) is 0 Å². The predicted molar refractivity (Wildman–Crippen MR) is 99.8 cm³/mol. The number of benzene rings is 1. The largest absolute Gasteiger partial charge is 0.404 e. The van der Waals surface area contributed by atoms with Crippen LogP contribution < -0.4 is 5.73 Å². The van der Waals surface area contributed by atoms with E-state index in [-0.39, 0.29) is 6.10 Å². The molecule has 3 rings (SSSR count). The van der Waals surface area contributed by atoms with Crippen molar-refractivity contribution >= 4 is 11.3 Å². The second-order valence-electron chi connectivity index (χ2n) is 6.62. The van der Waals surface area contributed by atoms with Crippen molar-refractivity contribution in [2.24, 2.45) is 16.6 Å². The molecule has 1 aliphatic carbocycles. The predicted octanol–water partition coefficient (Wildman–Crippen LogP) is 3.78. The highest BCUT2D eigenvalue weighted by Crippen LogP contribution is 2.27. The van der Waals surface area contributed by atoms with Crippen LogP contribution in [0.1, 0.15) is 50.2 Å². The highest BCUT2D eigenvalue weighted by molar-refractivity contribution is 6.22. The van der Waals surface area contributed by atoms with Crippen LogP contribution in [-0.2, 0) is 4.74 Å². The smallest absolute Gasteiger partial charge is 0.0770 e. The minimum Gasteiger partial charge on any atom is -0.404 e. The van der Waals surface area contributed by atoms with Crippen LogP contribution in [0.5, 0.6) is 0 Å². The Hall–Kier alpha value is -2.05. The molecule has 1 heterocycles. The number of rotatable bonds is 4. The SMILES string of the molecule is CC(=NCC1CCCCO1)/C(=C\N)c1ccc(C#CC2CC2)cc1. The Balaban J connectivity index is 1.65. The molecule has 1 saturated heterocycles. The molecular weight excluding hydrogens is 296 g/mol. The minimum absolute atomic E-state index is 0.257. The first-order chi connectivity index (χ1) is 11.8. The molecule has 3 nitrogen and oxygen atoms in total. The van der Waals surface area contributed by atoms with Gasteiger partial charge in [0.1, 0.15) is 0 Å². The summed E-state index contributed by atoms with van der Waals surface area (Å²) in [4.78, 5) is 4.70. The van der Waals surface area contributed by atoms with E-state index in [9.17, 15) is 0 Å². The summed E-state index contributed by atoms with van der Waals surface area (Å²) in [6.07, 6.45) is 7.92. The monoisotopic (exact) mass is 322 g/mol. The van der Waals surface area contributed by atoms with Crippen molar-refractivity contribution in [1.29, 1.82) is 0 Å². The number of nitrogens with zero attached hydrogens (tertiary/aromatic N) is 1. The maximum atomic E-state index is 5.86. The zero-order valence-electron chi connectivity index (χ0n) is 14.4. The molecular formula is C21H26N2O. The summed E-state index contributed by atoms with van der Waals surface area (Å²) in [5.41, 5.74) is 9.94. The molecule has 1 unspecified atom stereocenters. The molecule has 0 spiro atoms. The Labute approximate surface area is 145 Å². The molecule has 24 heavy (non-hydrogen) atoms. The van der Waals surface area contributed by atoms with E-state index in [1.54, 1.807) is 6.20 Å². The summed E-state index contributed by atoms with van der Waals surface area (Å²) < 4.78 is 5.74. The number of allylic oxidation sites excluding steroid dienone is 1. The first kappa shape index (κ1) is 16.8. The van der Waals surface area contributed by atoms with Crippen molar-refractivity contribution in [3.63, 3.8) is 0 Å². The average molecular weight is 322 g/mol. The van der Waals surface area contributed by atoms with Crippen LogP contribution in [0.4, 0.5) is 0 Å². The summed E-state index contributed by atoms with van der Waals surface area (Å²) in [5.74, 6) is 7.15. The molecule has 1 aromatic rings. The topological polar surface area (TPSA) is 47.6 Å². The lowest BCUT2D eigenvalue weighted by Gasteiger charge is -2.21. The van der Waals surface area contributed by atoms with E-state index in [2.05, 4.69) is 36.1 Å². The van der Waals surface area contributed by atoms with Gasteiger partial charge in [0, 0.05) is 35.6 Å². The van der Waals surface area contributed by atoms with Crippen molar-refractivity contribution in [1.82, 2.24) is 0 Å². The summed E-state index contributed by atoms with van der Waals surface area (Å²) in [6, 6.07) is 8.27. The number of nitrogens with two attached hydrogens (primary N) is 1. The lowest BCUT2D eigenvalue weighted by Crippen LogP contribution is -2.22. The van der Waals surface area contributed by atoms with Gasteiger partial charge in [-0.05, 0) is 56.7 Å². The molecule has 1 aliphatic heterocycles. The molecule has 2 aliphatic rings.